The van der Waals surface area contributed by atoms with Crippen LogP contribution >= 0.6 is 0 Å². The summed E-state index contributed by atoms with van der Waals surface area (Å²) < 4.78 is 22.5. The largest absolute Gasteiger partial charge is 0.465 e. The fourth-order valence-corrected chi connectivity index (χ4v) is 8.90. The second-order valence-corrected chi connectivity index (χ2v) is 17.4. The molecule has 8 heteroatoms. The second-order valence-electron chi connectivity index (χ2n) is 17.4. The molecule has 0 aromatic heterocycles. The molecule has 0 aliphatic heterocycles. The van der Waals surface area contributed by atoms with Gasteiger partial charge in [-0.25, -0.2) is 9.59 Å². The van der Waals surface area contributed by atoms with Gasteiger partial charge in [-0.3, -0.25) is 9.59 Å². The van der Waals surface area contributed by atoms with Gasteiger partial charge in [-0.05, 0) is 187 Å². The van der Waals surface area contributed by atoms with Crippen molar-refractivity contribution in [3.63, 3.8) is 0 Å². The first-order valence-electron chi connectivity index (χ1n) is 22.8. The normalized spacial score (nSPS) is 22.8. The third kappa shape index (κ3) is 14.2. The lowest BCUT2D eigenvalue weighted by Crippen LogP contribution is -2.39. The smallest absolute Gasteiger partial charge is 0.339 e. The van der Waals surface area contributed by atoms with Crippen molar-refractivity contribution >= 4 is 23.9 Å². The van der Waals surface area contributed by atoms with Gasteiger partial charge in [0.2, 0.25) is 0 Å². The fraction of sp³-hybridized carbons (Fsp3) is 0.455. The van der Waals surface area contributed by atoms with Crippen LogP contribution in [0.5, 0.6) is 5.75 Å². The van der Waals surface area contributed by atoms with Crippen molar-refractivity contribution in [2.75, 3.05) is 13.2 Å². The summed E-state index contributed by atoms with van der Waals surface area (Å²) in [6, 6.07) is 22.2. The number of hydrogen-bond acceptors (Lipinski definition) is 8. The molecule has 3 aromatic carbocycles. The first-order valence-corrected chi connectivity index (χ1v) is 22.8. The standard InChI is InChI=1S/C55H60O8/c1-4-9-41-12-14-42(15-13-41)16-17-43-18-20-44(21-19-43)32-35-55(36-33-46(34-37-55)45-22-10-40(3)11-23-45)63-54(59)49-28-30-50(31-29-49)62-53(58)48-26-24-47(25-27-48)52(57)61-39-8-6-7-38-60-51(56)5-2/h5,12-15,18-21,28-31,40,45-48H,2,6-8,10-11,22-27,33-34,36-39H2,1,3H3. The molecule has 328 valence electrons. The van der Waals surface area contributed by atoms with E-state index in [0.29, 0.717) is 81.8 Å². The van der Waals surface area contributed by atoms with Gasteiger partial charge < -0.3 is 18.9 Å². The maximum absolute atomic E-state index is 13.8. The molecule has 3 aliphatic carbocycles. The van der Waals surface area contributed by atoms with Gasteiger partial charge in [-0.1, -0.05) is 50.0 Å². The first kappa shape index (κ1) is 46.5. The Kier molecular flexibility index (Phi) is 17.3. The van der Waals surface area contributed by atoms with E-state index in [0.717, 1.165) is 59.4 Å². The number of ether oxygens (including phenoxy) is 4. The van der Waals surface area contributed by atoms with Gasteiger partial charge in [0.15, 0.2) is 5.60 Å². The summed E-state index contributed by atoms with van der Waals surface area (Å²) in [6.07, 6.45) is 13.9. The van der Waals surface area contributed by atoms with E-state index in [2.05, 4.69) is 49.0 Å². The average molecular weight is 849 g/mol. The lowest BCUT2D eigenvalue weighted by atomic mass is 9.68. The number of esters is 4. The minimum atomic E-state index is -0.915. The molecule has 6 rings (SSSR count). The molecule has 3 aliphatic rings. The van der Waals surface area contributed by atoms with Gasteiger partial charge in [-0.15, -0.1) is 5.92 Å². The monoisotopic (exact) mass is 848 g/mol. The highest BCUT2D eigenvalue weighted by Crippen LogP contribution is 2.44. The first-order chi connectivity index (χ1) is 30.6. The molecule has 0 radical (unpaired) electrons. The van der Waals surface area contributed by atoms with Crippen LogP contribution < -0.4 is 4.74 Å². The van der Waals surface area contributed by atoms with Crippen molar-refractivity contribution in [1.82, 2.24) is 0 Å². The number of rotatable bonds is 13. The van der Waals surface area contributed by atoms with Gasteiger partial charge in [-0.2, -0.15) is 0 Å². The minimum Gasteiger partial charge on any atom is -0.465 e. The molecular weight excluding hydrogens is 789 g/mol. The molecule has 0 amide bonds. The Morgan fingerprint density at radius 3 is 1.68 bits per heavy atom. The van der Waals surface area contributed by atoms with Gasteiger partial charge in [0, 0.05) is 28.3 Å². The van der Waals surface area contributed by atoms with Crippen LogP contribution in [0.15, 0.2) is 85.5 Å². The topological polar surface area (TPSA) is 105 Å². The molecule has 0 saturated heterocycles. The number of carbonyl (C=O) groups excluding carboxylic acids is 4. The Bertz CT molecular complexity index is 2210. The average Bonchev–Trinajstić information content (AvgIpc) is 3.31. The molecule has 0 unspecified atom stereocenters. The summed E-state index contributed by atoms with van der Waals surface area (Å²) >= 11 is 0. The SMILES string of the molecule is C=CC(=O)OCCCCCOC(=O)C1CCC(C(=O)Oc2ccc(C(=O)OC3(C#Cc4ccc(C#Cc5ccc(C#CC)cc5)cc4)CCC(C4CCC(C)CC4)CC3)cc2)CC1. The van der Waals surface area contributed by atoms with Crippen molar-refractivity contribution in [3.05, 3.63) is 113 Å². The Balaban J connectivity index is 1.01. The molecule has 0 heterocycles. The predicted octanol–water partition coefficient (Wildman–Crippen LogP) is 10.6. The van der Waals surface area contributed by atoms with Crippen LogP contribution in [0.25, 0.3) is 0 Å². The maximum Gasteiger partial charge on any atom is 0.339 e. The summed E-state index contributed by atoms with van der Waals surface area (Å²) in [5.74, 6) is 19.6. The lowest BCUT2D eigenvalue weighted by Gasteiger charge is -2.40. The molecule has 0 atom stereocenters. The lowest BCUT2D eigenvalue weighted by molar-refractivity contribution is -0.152. The van der Waals surface area contributed by atoms with Crippen molar-refractivity contribution in [3.8, 4) is 41.3 Å². The molecule has 3 fully saturated rings. The minimum absolute atomic E-state index is 0.237. The zero-order chi connectivity index (χ0) is 44.4. The van der Waals surface area contributed by atoms with Crippen molar-refractivity contribution < 1.29 is 38.1 Å². The second kappa shape index (κ2) is 23.4. The molecule has 0 N–H and O–H groups in total. The summed E-state index contributed by atoms with van der Waals surface area (Å²) in [4.78, 5) is 50.6. The van der Waals surface area contributed by atoms with E-state index >= 15 is 0 Å². The van der Waals surface area contributed by atoms with E-state index in [1.807, 2.05) is 55.5 Å². The predicted molar refractivity (Wildman–Crippen MR) is 243 cm³/mol. The van der Waals surface area contributed by atoms with Crippen molar-refractivity contribution in [2.24, 2.45) is 29.6 Å². The summed E-state index contributed by atoms with van der Waals surface area (Å²) in [5, 5.41) is 0. The third-order valence-electron chi connectivity index (χ3n) is 12.8. The number of carbonyl (C=O) groups is 4. The number of benzene rings is 3. The molecule has 3 aromatic rings. The highest BCUT2D eigenvalue weighted by atomic mass is 16.6. The maximum atomic E-state index is 13.8. The van der Waals surface area contributed by atoms with Gasteiger partial charge >= 0.3 is 23.9 Å². The van der Waals surface area contributed by atoms with Crippen LogP contribution in [0, 0.1) is 65.1 Å². The molecule has 0 spiro atoms. The van der Waals surface area contributed by atoms with Gasteiger partial charge in [0.05, 0.1) is 30.6 Å². The number of hydrogen-bond donors (Lipinski definition) is 0. The van der Waals surface area contributed by atoms with E-state index in [1.165, 1.54) is 25.7 Å². The molecule has 3 saturated carbocycles. The van der Waals surface area contributed by atoms with Crippen LogP contribution in [0.1, 0.15) is 143 Å². The summed E-state index contributed by atoms with van der Waals surface area (Å²) in [5.41, 5.74) is 3.04. The van der Waals surface area contributed by atoms with Crippen LogP contribution in [-0.4, -0.2) is 42.7 Å². The van der Waals surface area contributed by atoms with Crippen LogP contribution in [0.3, 0.4) is 0 Å². The fourth-order valence-electron chi connectivity index (χ4n) is 8.90. The third-order valence-corrected chi connectivity index (χ3v) is 12.8. The van der Waals surface area contributed by atoms with Gasteiger partial charge in [0.1, 0.15) is 5.75 Å². The molecule has 8 nitrogen and oxygen atoms in total. The molecular formula is C55H60O8. The number of unbranched alkanes of at least 4 members (excludes halogenated alkanes) is 2. The Morgan fingerprint density at radius 1 is 0.619 bits per heavy atom. The van der Waals surface area contributed by atoms with E-state index in [1.54, 1.807) is 24.3 Å². The molecule has 0 bridgehead atoms. The van der Waals surface area contributed by atoms with E-state index in [4.69, 9.17) is 18.9 Å². The van der Waals surface area contributed by atoms with Crippen LogP contribution in [0.4, 0.5) is 0 Å². The zero-order valence-corrected chi connectivity index (χ0v) is 36.9. The summed E-state index contributed by atoms with van der Waals surface area (Å²) in [7, 11) is 0. The van der Waals surface area contributed by atoms with E-state index in [9.17, 15) is 19.2 Å². The quantitative estimate of drug-likeness (QED) is 0.0418. The van der Waals surface area contributed by atoms with Gasteiger partial charge in [0.25, 0.3) is 0 Å². The highest BCUT2D eigenvalue weighted by molar-refractivity contribution is 5.90. The highest BCUT2D eigenvalue weighted by Gasteiger charge is 2.40. The zero-order valence-electron chi connectivity index (χ0n) is 36.9. The Labute approximate surface area is 373 Å². The Hall–Kier alpha value is -6.04. The van der Waals surface area contributed by atoms with Crippen molar-refractivity contribution in [2.45, 2.75) is 116 Å². The van der Waals surface area contributed by atoms with E-state index < -0.39 is 17.5 Å². The molecule has 63 heavy (non-hydrogen) atoms. The van der Waals surface area contributed by atoms with E-state index in [-0.39, 0.29) is 23.8 Å². The Morgan fingerprint density at radius 2 is 1.13 bits per heavy atom. The van der Waals surface area contributed by atoms with Crippen molar-refractivity contribution in [1.29, 1.82) is 0 Å². The van der Waals surface area contributed by atoms with Crippen LogP contribution in [-0.2, 0) is 28.6 Å². The van der Waals surface area contributed by atoms with Crippen LogP contribution in [0.2, 0.25) is 0 Å². The summed E-state index contributed by atoms with van der Waals surface area (Å²) in [6.45, 7) is 8.17.